The lowest BCUT2D eigenvalue weighted by Crippen LogP contribution is -2.25. The Labute approximate surface area is 142 Å². The van der Waals surface area contributed by atoms with Gasteiger partial charge in [-0.25, -0.2) is 9.18 Å². The summed E-state index contributed by atoms with van der Waals surface area (Å²) in [5.74, 6) is -2.18. The van der Waals surface area contributed by atoms with E-state index in [1.54, 1.807) is 6.07 Å². The number of carbonyl (C=O) groups is 2. The highest BCUT2D eigenvalue weighted by Gasteiger charge is 2.22. The van der Waals surface area contributed by atoms with E-state index in [9.17, 15) is 19.1 Å². The van der Waals surface area contributed by atoms with E-state index in [1.165, 1.54) is 19.2 Å². The third-order valence-corrected chi connectivity index (χ3v) is 3.69. The van der Waals surface area contributed by atoms with Crippen LogP contribution in [0.4, 0.5) is 4.39 Å². The van der Waals surface area contributed by atoms with Gasteiger partial charge in [-0.3, -0.25) is 15.1 Å². The van der Waals surface area contributed by atoms with E-state index in [0.717, 1.165) is 6.42 Å². The van der Waals surface area contributed by atoms with Gasteiger partial charge in [-0.05, 0) is 24.1 Å². The van der Waals surface area contributed by atoms with E-state index in [-0.39, 0.29) is 35.5 Å². The average Bonchev–Trinajstić information content (AvgIpc) is 2.50. The number of carbonyl (C=O) groups excluding carboxylic acids is 1. The Morgan fingerprint density at radius 3 is 2.61 bits per heavy atom. The van der Waals surface area contributed by atoms with Crippen molar-refractivity contribution in [2.75, 3.05) is 7.11 Å². The van der Waals surface area contributed by atoms with Crippen LogP contribution in [0.1, 0.15) is 31.7 Å². The number of Topliss-reactive ketones (excluding diaryl/α,β-unsaturated/α-hetero) is 1. The van der Waals surface area contributed by atoms with Gasteiger partial charge in [0.05, 0.1) is 7.11 Å². The Hall–Kier alpha value is -1.73. The molecule has 0 fully saturated rings. The zero-order valence-corrected chi connectivity index (χ0v) is 14.6. The standard InChI is InChI=1S/C16H19BrFNO4/c1-3-4-5-14(20)12(15(16(21)22)19-23-2)8-10-6-7-11(17)9-13(10)18/h6-7,9,19H,3-5,8H2,1-2H3,(H,21,22). The number of halogens is 2. The van der Waals surface area contributed by atoms with Gasteiger partial charge >= 0.3 is 5.97 Å². The van der Waals surface area contributed by atoms with Crippen molar-refractivity contribution in [3.63, 3.8) is 0 Å². The second-order valence-electron chi connectivity index (χ2n) is 4.90. The number of carboxylic acids is 1. The molecule has 2 N–H and O–H groups in total. The maximum Gasteiger partial charge on any atom is 0.354 e. The molecule has 0 aliphatic heterocycles. The van der Waals surface area contributed by atoms with E-state index in [4.69, 9.17) is 0 Å². The predicted octanol–water partition coefficient (Wildman–Crippen LogP) is 3.38. The van der Waals surface area contributed by atoms with E-state index in [2.05, 4.69) is 26.2 Å². The molecule has 0 saturated carbocycles. The minimum atomic E-state index is -1.33. The number of carboxylic acid groups (broad SMARTS) is 1. The number of benzene rings is 1. The number of nitrogens with one attached hydrogen (secondary N) is 1. The summed E-state index contributed by atoms with van der Waals surface area (Å²) in [7, 11) is 1.25. The second kappa shape index (κ2) is 9.42. The maximum atomic E-state index is 14.0. The van der Waals surface area contributed by atoms with Gasteiger partial charge in [0.1, 0.15) is 5.82 Å². The highest BCUT2D eigenvalue weighted by molar-refractivity contribution is 9.10. The molecule has 1 rings (SSSR count). The largest absolute Gasteiger partial charge is 0.477 e. The molecule has 0 atom stereocenters. The van der Waals surface area contributed by atoms with Crippen molar-refractivity contribution in [2.24, 2.45) is 0 Å². The maximum absolute atomic E-state index is 14.0. The molecular weight excluding hydrogens is 369 g/mol. The molecule has 7 heteroatoms. The first-order valence-electron chi connectivity index (χ1n) is 7.13. The number of hydrogen-bond donors (Lipinski definition) is 2. The summed E-state index contributed by atoms with van der Waals surface area (Å²) in [5, 5.41) is 9.29. The van der Waals surface area contributed by atoms with Crippen LogP contribution in [0, 0.1) is 5.82 Å². The van der Waals surface area contributed by atoms with Crippen molar-refractivity contribution in [3.8, 4) is 0 Å². The van der Waals surface area contributed by atoms with Crippen LogP contribution in [-0.4, -0.2) is 24.0 Å². The number of aliphatic carboxylic acids is 1. The molecule has 0 aliphatic rings. The molecule has 5 nitrogen and oxygen atoms in total. The van der Waals surface area contributed by atoms with Gasteiger partial charge in [0.2, 0.25) is 0 Å². The molecule has 0 saturated heterocycles. The van der Waals surface area contributed by atoms with E-state index in [0.29, 0.717) is 10.9 Å². The third-order valence-electron chi connectivity index (χ3n) is 3.20. The van der Waals surface area contributed by atoms with Crippen LogP contribution < -0.4 is 5.48 Å². The Bertz CT molecular complexity index is 616. The first-order valence-corrected chi connectivity index (χ1v) is 7.92. The topological polar surface area (TPSA) is 75.6 Å². The van der Waals surface area contributed by atoms with Crippen LogP contribution in [0.25, 0.3) is 0 Å². The van der Waals surface area contributed by atoms with Crippen LogP contribution in [0.2, 0.25) is 0 Å². The molecule has 126 valence electrons. The monoisotopic (exact) mass is 387 g/mol. The summed E-state index contributed by atoms with van der Waals surface area (Å²) in [6, 6.07) is 4.42. The molecule has 0 unspecified atom stereocenters. The van der Waals surface area contributed by atoms with Gasteiger partial charge < -0.3 is 5.11 Å². The summed E-state index contributed by atoms with van der Waals surface area (Å²) in [6.45, 7) is 1.93. The molecule has 0 spiro atoms. The Morgan fingerprint density at radius 1 is 1.39 bits per heavy atom. The van der Waals surface area contributed by atoms with Gasteiger partial charge in [-0.1, -0.05) is 35.3 Å². The summed E-state index contributed by atoms with van der Waals surface area (Å²) in [6.07, 6.45) is 1.50. The molecule has 0 aliphatic carbocycles. The normalized spacial score (nSPS) is 11.8. The van der Waals surface area contributed by atoms with E-state index >= 15 is 0 Å². The zero-order chi connectivity index (χ0) is 17.4. The molecule has 1 aromatic rings. The summed E-state index contributed by atoms with van der Waals surface area (Å²) in [5.41, 5.74) is 2.09. The van der Waals surface area contributed by atoms with Crippen molar-refractivity contribution in [1.82, 2.24) is 5.48 Å². The summed E-state index contributed by atoms with van der Waals surface area (Å²) in [4.78, 5) is 28.4. The van der Waals surface area contributed by atoms with Crippen LogP contribution in [0.15, 0.2) is 33.9 Å². The Balaban J connectivity index is 3.24. The van der Waals surface area contributed by atoms with E-state index < -0.39 is 11.8 Å². The number of allylic oxidation sites excluding steroid dienone is 1. The molecule has 0 bridgehead atoms. The van der Waals surface area contributed by atoms with Crippen molar-refractivity contribution in [3.05, 3.63) is 45.3 Å². The quantitative estimate of drug-likeness (QED) is 0.501. The van der Waals surface area contributed by atoms with Gasteiger partial charge in [0.15, 0.2) is 11.5 Å². The summed E-state index contributed by atoms with van der Waals surface area (Å²) >= 11 is 3.16. The minimum absolute atomic E-state index is 0.00553. The first kappa shape index (κ1) is 19.3. The van der Waals surface area contributed by atoms with Crippen molar-refractivity contribution >= 4 is 27.7 Å². The SMILES string of the molecule is CCCCC(=O)C(Cc1ccc(Br)cc1F)=C(NOC)C(=O)O. The fraction of sp³-hybridized carbons (Fsp3) is 0.375. The zero-order valence-electron chi connectivity index (χ0n) is 13.0. The molecule has 0 aromatic heterocycles. The number of hydrogen-bond acceptors (Lipinski definition) is 4. The fourth-order valence-corrected chi connectivity index (χ4v) is 2.34. The third kappa shape index (κ3) is 5.76. The average molecular weight is 388 g/mol. The van der Waals surface area contributed by atoms with Crippen molar-refractivity contribution in [2.45, 2.75) is 32.6 Å². The number of rotatable bonds is 9. The smallest absolute Gasteiger partial charge is 0.354 e. The molecule has 0 radical (unpaired) electrons. The van der Waals surface area contributed by atoms with Crippen molar-refractivity contribution in [1.29, 1.82) is 0 Å². The number of ketones is 1. The van der Waals surface area contributed by atoms with Crippen LogP contribution in [0.3, 0.4) is 0 Å². The lowest BCUT2D eigenvalue weighted by Gasteiger charge is -2.13. The molecule has 0 amide bonds. The number of unbranched alkanes of at least 4 members (excludes halogenated alkanes) is 1. The fourth-order valence-electron chi connectivity index (χ4n) is 2.01. The minimum Gasteiger partial charge on any atom is -0.477 e. The van der Waals surface area contributed by atoms with Crippen LogP contribution in [0.5, 0.6) is 0 Å². The molecular formula is C16H19BrFNO4. The van der Waals surface area contributed by atoms with Gasteiger partial charge in [-0.15, -0.1) is 0 Å². The van der Waals surface area contributed by atoms with Crippen molar-refractivity contribution < 1.29 is 23.9 Å². The summed E-state index contributed by atoms with van der Waals surface area (Å²) < 4.78 is 14.6. The Kier molecular flexibility index (Phi) is 7.91. The van der Waals surface area contributed by atoms with Gasteiger partial charge in [0.25, 0.3) is 0 Å². The molecule has 1 aromatic carbocycles. The van der Waals surface area contributed by atoms with Gasteiger partial charge in [0, 0.05) is 22.9 Å². The van der Waals surface area contributed by atoms with Crippen LogP contribution in [-0.2, 0) is 20.8 Å². The second-order valence-corrected chi connectivity index (χ2v) is 5.82. The first-order chi connectivity index (χ1) is 10.9. The lowest BCUT2D eigenvalue weighted by molar-refractivity contribution is -0.135. The van der Waals surface area contributed by atoms with E-state index in [1.807, 2.05) is 6.92 Å². The highest BCUT2D eigenvalue weighted by Crippen LogP contribution is 2.21. The Morgan fingerprint density at radius 2 is 2.09 bits per heavy atom. The van der Waals surface area contributed by atoms with Gasteiger partial charge in [-0.2, -0.15) is 0 Å². The molecule has 0 heterocycles. The highest BCUT2D eigenvalue weighted by atomic mass is 79.9. The predicted molar refractivity (Wildman–Crippen MR) is 87.1 cm³/mol. The molecule has 23 heavy (non-hydrogen) atoms. The van der Waals surface area contributed by atoms with Crippen LogP contribution >= 0.6 is 15.9 Å². The lowest BCUT2D eigenvalue weighted by atomic mass is 9.96. The number of hydroxylamine groups is 1.